The smallest absolute Gasteiger partial charge is 0.193 e. The van der Waals surface area contributed by atoms with Crippen LogP contribution in [0.1, 0.15) is 6.42 Å². The lowest BCUT2D eigenvalue weighted by molar-refractivity contribution is 0.464. The van der Waals surface area contributed by atoms with Gasteiger partial charge >= 0.3 is 0 Å². The summed E-state index contributed by atoms with van der Waals surface area (Å²) in [5.74, 6) is 0.901. The second kappa shape index (κ2) is 4.16. The van der Waals surface area contributed by atoms with Crippen molar-refractivity contribution < 1.29 is 4.39 Å². The summed E-state index contributed by atoms with van der Waals surface area (Å²) in [5.41, 5.74) is 0. The van der Waals surface area contributed by atoms with Crippen molar-refractivity contribution in [3.8, 4) is 0 Å². The quantitative estimate of drug-likeness (QED) is 0.597. The van der Waals surface area contributed by atoms with Crippen molar-refractivity contribution in [3.05, 3.63) is 0 Å². The van der Waals surface area contributed by atoms with Gasteiger partial charge in [-0.05, 0) is 6.42 Å². The SMILES string of the molecule is CN1CCN=C1NCCCF. The van der Waals surface area contributed by atoms with Gasteiger partial charge < -0.3 is 10.2 Å². The highest BCUT2D eigenvalue weighted by Gasteiger charge is 2.10. The molecule has 0 saturated carbocycles. The van der Waals surface area contributed by atoms with Gasteiger partial charge in [0, 0.05) is 20.1 Å². The van der Waals surface area contributed by atoms with Crippen LogP contribution >= 0.6 is 0 Å². The van der Waals surface area contributed by atoms with Gasteiger partial charge in [-0.15, -0.1) is 0 Å². The Morgan fingerprint density at radius 2 is 2.55 bits per heavy atom. The fraction of sp³-hybridized carbons (Fsp3) is 0.857. The maximum Gasteiger partial charge on any atom is 0.193 e. The number of nitrogens with one attached hydrogen (secondary N) is 1. The molecule has 1 aliphatic rings. The number of nitrogens with zero attached hydrogens (tertiary/aromatic N) is 2. The minimum atomic E-state index is -0.260. The summed E-state index contributed by atoms with van der Waals surface area (Å²) in [6, 6.07) is 0. The van der Waals surface area contributed by atoms with Gasteiger partial charge in [0.1, 0.15) is 0 Å². The summed E-state index contributed by atoms with van der Waals surface area (Å²) in [6.07, 6.45) is 0.562. The molecule has 0 radical (unpaired) electrons. The Kier molecular flexibility index (Phi) is 3.14. The van der Waals surface area contributed by atoms with Gasteiger partial charge in [-0.25, -0.2) is 0 Å². The maximum absolute atomic E-state index is 11.7. The number of rotatable bonds is 3. The van der Waals surface area contributed by atoms with E-state index < -0.39 is 0 Å². The number of guanidine groups is 1. The maximum atomic E-state index is 11.7. The molecule has 64 valence electrons. The molecule has 4 heteroatoms. The molecule has 11 heavy (non-hydrogen) atoms. The Bertz CT molecular complexity index is 147. The number of hydrogen-bond acceptors (Lipinski definition) is 3. The molecular formula is C7H14FN3. The topological polar surface area (TPSA) is 27.6 Å². The molecule has 3 nitrogen and oxygen atoms in total. The fourth-order valence-electron chi connectivity index (χ4n) is 0.990. The van der Waals surface area contributed by atoms with Crippen molar-refractivity contribution in [1.29, 1.82) is 0 Å². The van der Waals surface area contributed by atoms with Crippen LogP contribution in [0.5, 0.6) is 0 Å². The molecule has 0 aromatic carbocycles. The highest BCUT2D eigenvalue weighted by molar-refractivity contribution is 5.81. The van der Waals surface area contributed by atoms with Crippen LogP contribution in [0.3, 0.4) is 0 Å². The molecule has 0 fully saturated rings. The molecule has 0 aliphatic carbocycles. The number of halogens is 1. The van der Waals surface area contributed by atoms with Gasteiger partial charge in [0.2, 0.25) is 0 Å². The van der Waals surface area contributed by atoms with Crippen LogP contribution in [0.25, 0.3) is 0 Å². The highest BCUT2D eigenvalue weighted by atomic mass is 19.1. The molecule has 1 rings (SSSR count). The van der Waals surface area contributed by atoms with Gasteiger partial charge in [0.15, 0.2) is 5.96 Å². The van der Waals surface area contributed by atoms with Crippen molar-refractivity contribution >= 4 is 5.96 Å². The summed E-state index contributed by atoms with van der Waals surface area (Å²) >= 11 is 0. The molecule has 1 heterocycles. The largest absolute Gasteiger partial charge is 0.356 e. The monoisotopic (exact) mass is 159 g/mol. The predicted octanol–water partition coefficient (Wildman–Crippen LogP) is 0.237. The van der Waals surface area contributed by atoms with Gasteiger partial charge in [0.25, 0.3) is 0 Å². The number of likely N-dealkylation sites (N-methyl/N-ethyl adjacent to an activating group) is 1. The predicted molar refractivity (Wildman–Crippen MR) is 43.5 cm³/mol. The van der Waals surface area contributed by atoms with Crippen molar-refractivity contribution in [1.82, 2.24) is 10.2 Å². The number of hydrogen-bond donors (Lipinski definition) is 1. The molecule has 0 amide bonds. The van der Waals surface area contributed by atoms with Gasteiger partial charge in [-0.3, -0.25) is 9.38 Å². The first-order chi connectivity index (χ1) is 5.34. The zero-order chi connectivity index (χ0) is 8.10. The lowest BCUT2D eigenvalue weighted by atomic mass is 10.5. The minimum Gasteiger partial charge on any atom is -0.356 e. The lowest BCUT2D eigenvalue weighted by Crippen LogP contribution is -2.36. The van der Waals surface area contributed by atoms with Crippen LogP contribution in [0, 0.1) is 0 Å². The van der Waals surface area contributed by atoms with Crippen molar-refractivity contribution in [2.75, 3.05) is 33.4 Å². The lowest BCUT2D eigenvalue weighted by Gasteiger charge is -2.14. The average molecular weight is 159 g/mol. The molecule has 0 atom stereocenters. The molecule has 0 spiro atoms. The van der Waals surface area contributed by atoms with Crippen LogP contribution < -0.4 is 5.32 Å². The Morgan fingerprint density at radius 3 is 3.09 bits per heavy atom. The fourth-order valence-corrected chi connectivity index (χ4v) is 0.990. The third-order valence-electron chi connectivity index (χ3n) is 1.65. The summed E-state index contributed by atoms with van der Waals surface area (Å²) in [6.45, 7) is 2.25. The van der Waals surface area contributed by atoms with Crippen molar-refractivity contribution in [3.63, 3.8) is 0 Å². The van der Waals surface area contributed by atoms with Crippen LogP contribution in [-0.4, -0.2) is 44.2 Å². The Balaban J connectivity index is 2.15. The zero-order valence-corrected chi connectivity index (χ0v) is 6.81. The third kappa shape index (κ3) is 2.37. The van der Waals surface area contributed by atoms with E-state index in [0.717, 1.165) is 19.0 Å². The van der Waals surface area contributed by atoms with E-state index >= 15 is 0 Å². The third-order valence-corrected chi connectivity index (χ3v) is 1.65. The first kappa shape index (κ1) is 8.30. The molecule has 0 aromatic heterocycles. The molecule has 0 bridgehead atoms. The molecule has 0 aromatic rings. The molecule has 1 aliphatic heterocycles. The second-order valence-corrected chi connectivity index (χ2v) is 2.60. The van der Waals surface area contributed by atoms with E-state index in [9.17, 15) is 4.39 Å². The Hall–Kier alpha value is -0.800. The van der Waals surface area contributed by atoms with E-state index in [4.69, 9.17) is 0 Å². The standard InChI is InChI=1S/C7H14FN3/c1-11-6-5-10-7(11)9-4-2-3-8/h2-6H2,1H3,(H,9,10). The number of aliphatic imine (C=N–C) groups is 1. The van der Waals surface area contributed by atoms with E-state index in [0.29, 0.717) is 13.0 Å². The van der Waals surface area contributed by atoms with E-state index in [1.807, 2.05) is 11.9 Å². The second-order valence-electron chi connectivity index (χ2n) is 2.60. The van der Waals surface area contributed by atoms with Crippen LogP contribution in [0.2, 0.25) is 0 Å². The number of alkyl halides is 1. The summed E-state index contributed by atoms with van der Waals surface area (Å²) in [4.78, 5) is 6.24. The molecule has 0 saturated heterocycles. The molecule has 1 N–H and O–H groups in total. The van der Waals surface area contributed by atoms with Gasteiger partial charge in [-0.1, -0.05) is 0 Å². The van der Waals surface area contributed by atoms with Crippen molar-refractivity contribution in [2.24, 2.45) is 4.99 Å². The summed E-state index contributed by atoms with van der Waals surface area (Å²) in [7, 11) is 1.98. The molecular weight excluding hydrogens is 145 g/mol. The van der Waals surface area contributed by atoms with E-state index in [1.54, 1.807) is 0 Å². The first-order valence-corrected chi connectivity index (χ1v) is 3.90. The average Bonchev–Trinajstić information content (AvgIpc) is 2.37. The Morgan fingerprint density at radius 1 is 1.73 bits per heavy atom. The van der Waals surface area contributed by atoms with E-state index in [2.05, 4.69) is 10.3 Å². The van der Waals surface area contributed by atoms with Crippen LogP contribution in [0.4, 0.5) is 4.39 Å². The highest BCUT2D eigenvalue weighted by Crippen LogP contribution is 1.94. The van der Waals surface area contributed by atoms with Crippen molar-refractivity contribution in [2.45, 2.75) is 6.42 Å². The summed E-state index contributed by atoms with van der Waals surface area (Å²) < 4.78 is 11.7. The Labute approximate surface area is 66.3 Å². The summed E-state index contributed by atoms with van der Waals surface area (Å²) in [5, 5.41) is 3.07. The minimum absolute atomic E-state index is 0.260. The normalized spacial score (nSPS) is 16.9. The first-order valence-electron chi connectivity index (χ1n) is 3.90. The van der Waals surface area contributed by atoms with Gasteiger partial charge in [0.05, 0.1) is 13.2 Å². The van der Waals surface area contributed by atoms with Gasteiger partial charge in [-0.2, -0.15) is 0 Å². The zero-order valence-electron chi connectivity index (χ0n) is 6.81. The van der Waals surface area contributed by atoms with E-state index in [-0.39, 0.29) is 6.67 Å². The van der Waals surface area contributed by atoms with Crippen LogP contribution in [-0.2, 0) is 0 Å². The van der Waals surface area contributed by atoms with Crippen LogP contribution in [0.15, 0.2) is 4.99 Å². The molecule has 0 unspecified atom stereocenters. The van der Waals surface area contributed by atoms with E-state index in [1.165, 1.54) is 0 Å².